The molecule has 1 saturated carbocycles. The minimum absolute atomic E-state index is 0.119. The molecule has 0 aliphatic heterocycles. The van der Waals surface area contributed by atoms with Gasteiger partial charge in [-0.3, -0.25) is 0 Å². The minimum Gasteiger partial charge on any atom is -0.314 e. The van der Waals surface area contributed by atoms with Gasteiger partial charge in [-0.15, -0.1) is 0 Å². The molecule has 1 fully saturated rings. The van der Waals surface area contributed by atoms with Gasteiger partial charge in [-0.2, -0.15) is 0 Å². The lowest BCUT2D eigenvalue weighted by atomic mass is 9.70. The van der Waals surface area contributed by atoms with Crippen LogP contribution < -0.4 is 5.32 Å². The van der Waals surface area contributed by atoms with Crippen molar-refractivity contribution in [1.29, 1.82) is 0 Å². The summed E-state index contributed by atoms with van der Waals surface area (Å²) in [5.74, 6) is 1.91. The van der Waals surface area contributed by atoms with Crippen LogP contribution in [-0.4, -0.2) is 12.6 Å². The van der Waals surface area contributed by atoms with Gasteiger partial charge in [0.25, 0.3) is 0 Å². The van der Waals surface area contributed by atoms with E-state index in [1.807, 2.05) is 13.0 Å². The highest BCUT2D eigenvalue weighted by Gasteiger charge is 2.30. The number of rotatable bonds is 4. The maximum absolute atomic E-state index is 13.3. The largest absolute Gasteiger partial charge is 0.314 e. The van der Waals surface area contributed by atoms with Crippen molar-refractivity contribution in [2.75, 3.05) is 6.54 Å². The van der Waals surface area contributed by atoms with Crippen molar-refractivity contribution in [2.24, 2.45) is 11.8 Å². The maximum Gasteiger partial charge on any atom is 0.123 e. The van der Waals surface area contributed by atoms with E-state index in [0.717, 1.165) is 18.0 Å². The first kappa shape index (κ1) is 15.5. The summed E-state index contributed by atoms with van der Waals surface area (Å²) < 4.78 is 13.3. The molecule has 1 aromatic rings. The van der Waals surface area contributed by atoms with E-state index in [-0.39, 0.29) is 5.82 Å². The summed E-state index contributed by atoms with van der Waals surface area (Å²) in [5, 5.41) is 3.59. The van der Waals surface area contributed by atoms with Gasteiger partial charge in [0.15, 0.2) is 0 Å². The number of hydrogen-bond donors (Lipinski definition) is 1. The van der Waals surface area contributed by atoms with Gasteiger partial charge >= 0.3 is 0 Å². The lowest BCUT2D eigenvalue weighted by Gasteiger charge is -2.36. The Kier molecular flexibility index (Phi) is 5.20. The molecule has 0 saturated heterocycles. The van der Waals surface area contributed by atoms with Gasteiger partial charge in [-0.05, 0) is 67.3 Å². The summed E-state index contributed by atoms with van der Waals surface area (Å²) in [6.45, 7) is 9.86. The van der Waals surface area contributed by atoms with E-state index in [0.29, 0.717) is 17.9 Å². The van der Waals surface area contributed by atoms with E-state index < -0.39 is 0 Å². The third-order valence-corrected chi connectivity index (χ3v) is 4.68. The lowest BCUT2D eigenvalue weighted by Crippen LogP contribution is -2.35. The average Bonchev–Trinajstić information content (AvgIpc) is 2.37. The molecule has 0 bridgehead atoms. The topological polar surface area (TPSA) is 12.0 Å². The SMILES string of the molecule is Cc1cc(F)ccc1C1CC(C)CCC1CNC(C)C. The molecule has 0 amide bonds. The van der Waals surface area contributed by atoms with Crippen LogP contribution in [0.4, 0.5) is 4.39 Å². The Morgan fingerprint density at radius 1 is 1.30 bits per heavy atom. The molecule has 1 aliphatic carbocycles. The summed E-state index contributed by atoms with van der Waals surface area (Å²) in [6, 6.07) is 5.84. The first-order chi connectivity index (χ1) is 9.47. The van der Waals surface area contributed by atoms with Crippen molar-refractivity contribution in [3.8, 4) is 0 Å². The smallest absolute Gasteiger partial charge is 0.123 e. The zero-order valence-electron chi connectivity index (χ0n) is 13.2. The predicted octanol–water partition coefficient (Wildman–Crippen LogP) is 4.65. The molecule has 0 heterocycles. The first-order valence-electron chi connectivity index (χ1n) is 7.96. The Labute approximate surface area is 123 Å². The molecular formula is C18H28FN. The summed E-state index contributed by atoms with van der Waals surface area (Å²) in [4.78, 5) is 0. The second kappa shape index (κ2) is 6.71. The molecule has 2 heteroatoms. The normalized spacial score (nSPS) is 27.0. The van der Waals surface area contributed by atoms with Crippen LogP contribution in [-0.2, 0) is 0 Å². The molecule has 0 spiro atoms. The van der Waals surface area contributed by atoms with Crippen LogP contribution in [0.2, 0.25) is 0 Å². The highest BCUT2D eigenvalue weighted by Crippen LogP contribution is 2.41. The van der Waals surface area contributed by atoms with Crippen molar-refractivity contribution >= 4 is 0 Å². The Balaban J connectivity index is 2.18. The van der Waals surface area contributed by atoms with Crippen LogP contribution in [0.25, 0.3) is 0 Å². The van der Waals surface area contributed by atoms with Gasteiger partial charge in [0, 0.05) is 6.04 Å². The Morgan fingerprint density at radius 3 is 2.70 bits per heavy atom. The molecule has 1 N–H and O–H groups in total. The molecule has 3 unspecified atom stereocenters. The molecule has 2 rings (SSSR count). The Hall–Kier alpha value is -0.890. The second-order valence-corrected chi connectivity index (χ2v) is 6.85. The van der Waals surface area contributed by atoms with Gasteiger partial charge < -0.3 is 5.32 Å². The molecule has 0 radical (unpaired) electrons. The molecule has 1 aliphatic rings. The molecule has 3 atom stereocenters. The van der Waals surface area contributed by atoms with Gasteiger partial charge in [0.1, 0.15) is 5.82 Å². The van der Waals surface area contributed by atoms with Crippen LogP contribution in [0.5, 0.6) is 0 Å². The fourth-order valence-corrected chi connectivity index (χ4v) is 3.51. The van der Waals surface area contributed by atoms with Gasteiger partial charge in [-0.1, -0.05) is 33.3 Å². The van der Waals surface area contributed by atoms with Crippen LogP contribution in [0.15, 0.2) is 18.2 Å². The number of aryl methyl sites for hydroxylation is 1. The predicted molar refractivity (Wildman–Crippen MR) is 83.5 cm³/mol. The van der Waals surface area contributed by atoms with E-state index in [1.165, 1.54) is 24.8 Å². The molecule has 1 aromatic carbocycles. The third kappa shape index (κ3) is 3.82. The lowest BCUT2D eigenvalue weighted by molar-refractivity contribution is 0.237. The zero-order valence-corrected chi connectivity index (χ0v) is 13.2. The average molecular weight is 277 g/mol. The second-order valence-electron chi connectivity index (χ2n) is 6.85. The van der Waals surface area contributed by atoms with Crippen LogP contribution in [0.3, 0.4) is 0 Å². The fourth-order valence-electron chi connectivity index (χ4n) is 3.51. The van der Waals surface area contributed by atoms with Crippen LogP contribution >= 0.6 is 0 Å². The van der Waals surface area contributed by atoms with Crippen LogP contribution in [0.1, 0.15) is 57.1 Å². The fraction of sp³-hybridized carbons (Fsp3) is 0.667. The zero-order chi connectivity index (χ0) is 14.7. The summed E-state index contributed by atoms with van der Waals surface area (Å²) in [6.07, 6.45) is 3.83. The van der Waals surface area contributed by atoms with Crippen molar-refractivity contribution in [2.45, 2.75) is 58.9 Å². The highest BCUT2D eigenvalue weighted by atomic mass is 19.1. The number of halogens is 1. The van der Waals surface area contributed by atoms with Gasteiger partial charge in [0.2, 0.25) is 0 Å². The van der Waals surface area contributed by atoms with Crippen molar-refractivity contribution < 1.29 is 4.39 Å². The molecule has 0 aromatic heterocycles. The Morgan fingerprint density at radius 2 is 2.05 bits per heavy atom. The molecule has 112 valence electrons. The monoisotopic (exact) mass is 277 g/mol. The van der Waals surface area contributed by atoms with E-state index in [9.17, 15) is 4.39 Å². The summed E-state index contributed by atoms with van der Waals surface area (Å²) >= 11 is 0. The molecular weight excluding hydrogens is 249 g/mol. The quantitative estimate of drug-likeness (QED) is 0.844. The molecule has 1 nitrogen and oxygen atoms in total. The van der Waals surface area contributed by atoms with Crippen molar-refractivity contribution in [3.63, 3.8) is 0 Å². The van der Waals surface area contributed by atoms with E-state index in [4.69, 9.17) is 0 Å². The van der Waals surface area contributed by atoms with Crippen LogP contribution in [0, 0.1) is 24.6 Å². The Bertz CT molecular complexity index is 441. The van der Waals surface area contributed by atoms with Gasteiger partial charge in [-0.25, -0.2) is 4.39 Å². The van der Waals surface area contributed by atoms with E-state index in [2.05, 4.69) is 26.1 Å². The van der Waals surface area contributed by atoms with Crippen molar-refractivity contribution in [1.82, 2.24) is 5.32 Å². The minimum atomic E-state index is -0.119. The van der Waals surface area contributed by atoms with Crippen molar-refractivity contribution in [3.05, 3.63) is 35.1 Å². The summed E-state index contributed by atoms with van der Waals surface area (Å²) in [7, 11) is 0. The molecule has 20 heavy (non-hydrogen) atoms. The number of nitrogens with one attached hydrogen (secondary N) is 1. The maximum atomic E-state index is 13.3. The van der Waals surface area contributed by atoms with E-state index >= 15 is 0 Å². The number of hydrogen-bond acceptors (Lipinski definition) is 1. The highest BCUT2D eigenvalue weighted by molar-refractivity contribution is 5.31. The third-order valence-electron chi connectivity index (χ3n) is 4.68. The number of benzene rings is 1. The first-order valence-corrected chi connectivity index (χ1v) is 7.96. The summed E-state index contributed by atoms with van der Waals surface area (Å²) in [5.41, 5.74) is 2.46. The van der Waals surface area contributed by atoms with Gasteiger partial charge in [0.05, 0.1) is 0 Å². The standard InChI is InChI=1S/C18H28FN/c1-12(2)20-11-15-6-5-13(3)9-18(15)17-8-7-16(19)10-14(17)4/h7-8,10,12-13,15,18,20H,5-6,9,11H2,1-4H3. The van der Waals surface area contributed by atoms with E-state index in [1.54, 1.807) is 12.1 Å².